The summed E-state index contributed by atoms with van der Waals surface area (Å²) in [6.07, 6.45) is -4.58. The summed E-state index contributed by atoms with van der Waals surface area (Å²) in [6.45, 7) is 0. The monoisotopic (exact) mass is 891 g/mol. The fraction of sp³-hybridized carbons (Fsp3) is 0.0732. The molecule has 0 aliphatic carbocycles. The van der Waals surface area contributed by atoms with Crippen molar-refractivity contribution in [3.63, 3.8) is 0 Å². The summed E-state index contributed by atoms with van der Waals surface area (Å²) in [5.41, 5.74) is -3.00. The van der Waals surface area contributed by atoms with Crippen molar-refractivity contribution in [1.82, 2.24) is 0 Å². The Labute approximate surface area is 344 Å². The van der Waals surface area contributed by atoms with E-state index in [0.29, 0.717) is 23.1 Å². The molecular weight excluding hydrogens is 859 g/mol. The Morgan fingerprint density at radius 2 is 0.943 bits per heavy atom. The van der Waals surface area contributed by atoms with Gasteiger partial charge in [0.05, 0.1) is 5.39 Å². The van der Waals surface area contributed by atoms with Crippen LogP contribution in [0.5, 0.6) is 5.75 Å². The van der Waals surface area contributed by atoms with E-state index in [2.05, 4.69) is 0 Å². The first-order chi connectivity index (χ1) is 24.9. The average Bonchev–Trinajstić information content (AvgIpc) is 3.18. The van der Waals surface area contributed by atoms with Crippen LogP contribution in [0.15, 0.2) is 167 Å². The zero-order valence-corrected chi connectivity index (χ0v) is 32.0. The van der Waals surface area contributed by atoms with Crippen LogP contribution in [0.3, 0.4) is 0 Å². The quantitative estimate of drug-likeness (QED) is 0.0713. The molecule has 12 heteroatoms. The third-order valence-corrected chi connectivity index (χ3v) is 15.3. The van der Waals surface area contributed by atoms with Gasteiger partial charge in [0.15, 0.2) is 5.56 Å². The number of ketones is 1. The fourth-order valence-electron chi connectivity index (χ4n) is 6.03. The fourth-order valence-corrected chi connectivity index (χ4v) is 12.5. The van der Waals surface area contributed by atoms with E-state index in [0.717, 1.165) is 21.2 Å². The van der Waals surface area contributed by atoms with Gasteiger partial charge in [0.2, 0.25) is 0 Å². The van der Waals surface area contributed by atoms with Crippen LogP contribution in [0, 0.1) is 49.4 Å². The molecular formula is C41H31EuF3O6P2. The summed E-state index contributed by atoms with van der Waals surface area (Å²) in [6, 6.07) is 47.9. The van der Waals surface area contributed by atoms with E-state index in [1.54, 1.807) is 30.3 Å². The Bertz CT molecular complexity index is 2330. The van der Waals surface area contributed by atoms with Crippen LogP contribution in [0.25, 0.3) is 21.7 Å². The van der Waals surface area contributed by atoms with Crippen LogP contribution in [0.1, 0.15) is 10.4 Å². The molecule has 0 aliphatic heterocycles. The van der Waals surface area contributed by atoms with Crippen molar-refractivity contribution < 1.29 is 86.0 Å². The van der Waals surface area contributed by atoms with Gasteiger partial charge in [-0.15, -0.1) is 0 Å². The standard InChI is InChI=1S/C26H24O2P2.C15H7F3O4.Eu/c27-29(23-13-5-1-6-14-23,24-15-7-2-8-16-24)21-22-30(28,25-17-9-3-10-18-25)26-19-11-4-12-20-26;16-15(17,18)13(20)10-11(19)9-6-5-7-3-1-2-4-8(7)12(9)22-14(10)21;/h1-20H,21-22H2;1-6,19H;. The van der Waals surface area contributed by atoms with Crippen LogP contribution >= 0.6 is 14.3 Å². The van der Waals surface area contributed by atoms with E-state index < -0.39 is 43.2 Å². The number of hydrogen-bond acceptors (Lipinski definition) is 6. The molecule has 0 amide bonds. The number of aromatic hydroxyl groups is 1. The predicted octanol–water partition coefficient (Wildman–Crippen LogP) is 8.41. The molecule has 1 N–H and O–H groups in total. The summed E-state index contributed by atoms with van der Waals surface area (Å²) in [4.78, 5) is 23.0. The molecule has 0 atom stereocenters. The number of rotatable bonds is 8. The van der Waals surface area contributed by atoms with Crippen LogP contribution < -0.4 is 26.8 Å². The predicted molar refractivity (Wildman–Crippen MR) is 201 cm³/mol. The number of Topliss-reactive ketones (excluding diaryl/α,β-unsaturated/α-hetero) is 1. The van der Waals surface area contributed by atoms with Crippen molar-refractivity contribution in [3.05, 3.63) is 174 Å². The maximum atomic E-state index is 14.4. The molecule has 6 aromatic carbocycles. The van der Waals surface area contributed by atoms with E-state index in [1.165, 1.54) is 6.07 Å². The molecule has 0 fully saturated rings. The smallest absolute Gasteiger partial charge is 0.455 e. The number of carbonyl (C=O) groups is 1. The van der Waals surface area contributed by atoms with Crippen molar-refractivity contribution >= 4 is 63.0 Å². The van der Waals surface area contributed by atoms with Gasteiger partial charge in [-0.05, 0) is 11.5 Å². The second-order valence-electron chi connectivity index (χ2n) is 11.9. The van der Waals surface area contributed by atoms with Gasteiger partial charge in [0.25, 0.3) is 5.78 Å². The van der Waals surface area contributed by atoms with Crippen LogP contribution in [-0.4, -0.2) is 29.4 Å². The Hall–Kier alpha value is -3.91. The molecule has 6 nitrogen and oxygen atoms in total. The number of alkyl halides is 3. The van der Waals surface area contributed by atoms with Crippen molar-refractivity contribution in [1.29, 1.82) is 0 Å². The third kappa shape index (κ3) is 8.59. The average molecular weight is 891 g/mol. The molecule has 1 heterocycles. The molecule has 0 saturated carbocycles. The molecule has 269 valence electrons. The van der Waals surface area contributed by atoms with Gasteiger partial charge < -0.3 is 18.7 Å². The molecule has 0 bridgehead atoms. The largest absolute Gasteiger partial charge is 0.506 e. The van der Waals surface area contributed by atoms with E-state index in [-0.39, 0.29) is 60.3 Å². The molecule has 53 heavy (non-hydrogen) atoms. The summed E-state index contributed by atoms with van der Waals surface area (Å²) in [5.74, 6) is -3.46. The summed E-state index contributed by atoms with van der Waals surface area (Å²) in [5, 5.41) is 14.2. The third-order valence-electron chi connectivity index (χ3n) is 8.68. The van der Waals surface area contributed by atoms with Gasteiger partial charge in [-0.2, -0.15) is 13.2 Å². The summed E-state index contributed by atoms with van der Waals surface area (Å²) < 4.78 is 71.2. The van der Waals surface area contributed by atoms with Gasteiger partial charge in [-0.3, -0.25) is 4.79 Å². The van der Waals surface area contributed by atoms with Gasteiger partial charge in [-0.25, -0.2) is 4.79 Å². The van der Waals surface area contributed by atoms with Crippen LogP contribution in [0.2, 0.25) is 0 Å². The van der Waals surface area contributed by atoms with Crippen molar-refractivity contribution in [2.24, 2.45) is 0 Å². The Balaban J connectivity index is 0.000000210. The van der Waals surface area contributed by atoms with Crippen molar-refractivity contribution in [3.8, 4) is 5.75 Å². The van der Waals surface area contributed by atoms with E-state index >= 15 is 0 Å². The maximum Gasteiger partial charge on any atom is 0.455 e. The topological polar surface area (TPSA) is 102 Å². The first-order valence-electron chi connectivity index (χ1n) is 16.1. The minimum Gasteiger partial charge on any atom is -0.506 e. The van der Waals surface area contributed by atoms with E-state index in [4.69, 9.17) is 4.42 Å². The molecule has 7 aromatic rings. The van der Waals surface area contributed by atoms with Gasteiger partial charge in [-0.1, -0.05) is 152 Å². The minimum atomic E-state index is -5.28. The van der Waals surface area contributed by atoms with Gasteiger partial charge >= 0.3 is 11.8 Å². The second-order valence-corrected chi connectivity index (χ2v) is 17.8. The van der Waals surface area contributed by atoms with Crippen LogP contribution in [-0.2, 0) is 9.13 Å². The number of fused-ring (bicyclic) bond motifs is 3. The zero-order valence-electron chi connectivity index (χ0n) is 27.8. The summed E-state index contributed by atoms with van der Waals surface area (Å²) >= 11 is 0. The normalized spacial score (nSPS) is 11.7. The Kier molecular flexibility index (Phi) is 13.0. The van der Waals surface area contributed by atoms with Gasteiger partial charge in [0.1, 0.15) is 25.6 Å². The summed E-state index contributed by atoms with van der Waals surface area (Å²) in [7, 11) is -5.87. The Morgan fingerprint density at radius 3 is 1.34 bits per heavy atom. The molecule has 0 aliphatic rings. The molecule has 0 saturated heterocycles. The zero-order chi connectivity index (χ0) is 36.9. The van der Waals surface area contributed by atoms with Crippen LogP contribution in [0.4, 0.5) is 13.2 Å². The molecule has 0 spiro atoms. The second kappa shape index (κ2) is 17.1. The molecule has 7 rings (SSSR count). The molecule has 1 radical (unpaired) electrons. The van der Waals surface area contributed by atoms with E-state index in [9.17, 15) is 37.0 Å². The number of hydrogen-bond donors (Lipinski definition) is 1. The first kappa shape index (κ1) is 40.3. The first-order valence-corrected chi connectivity index (χ1v) is 19.9. The van der Waals surface area contributed by atoms with Crippen molar-refractivity contribution in [2.75, 3.05) is 12.3 Å². The Morgan fingerprint density at radius 1 is 0.566 bits per heavy atom. The maximum absolute atomic E-state index is 14.4. The number of benzene rings is 6. The van der Waals surface area contributed by atoms with Gasteiger partial charge in [0, 0.05) is 88.3 Å². The molecule has 1 aromatic heterocycles. The minimum absolute atomic E-state index is 0. The van der Waals surface area contributed by atoms with E-state index in [1.807, 2.05) is 121 Å². The number of carbonyl (C=O) groups excluding carboxylic acids is 1. The molecule has 0 unspecified atom stereocenters. The SMILES string of the molecule is O=C(c1c(O)c2ccc3ccccc3c2oc1=O)C(F)(F)F.O=P(CCP(=O)(c1ccccc1)c1ccccc1)(c1ccccc1)c1ccccc1.[Eu]. The number of halogens is 3. The van der Waals surface area contributed by atoms with Crippen molar-refractivity contribution in [2.45, 2.75) is 6.18 Å².